The molecule has 1 heterocycles. The van der Waals surface area contributed by atoms with Gasteiger partial charge >= 0.3 is 0 Å². The molecule has 5 nitrogen and oxygen atoms in total. The largest absolute Gasteiger partial charge is 0.481 e. The minimum Gasteiger partial charge on any atom is -0.481 e. The van der Waals surface area contributed by atoms with E-state index in [-0.39, 0.29) is 13.2 Å². The molecule has 1 aromatic heterocycles. The maximum absolute atomic E-state index is 8.87. The molecule has 0 spiro atoms. The summed E-state index contributed by atoms with van der Waals surface area (Å²) in [4.78, 5) is 6.20. The lowest BCUT2D eigenvalue weighted by atomic mass is 10.3. The van der Waals surface area contributed by atoms with Crippen LogP contribution in [-0.4, -0.2) is 53.5 Å². The summed E-state index contributed by atoms with van der Waals surface area (Å²) in [5.74, 6) is 0.574. The molecule has 0 radical (unpaired) electrons. The van der Waals surface area contributed by atoms with Crippen LogP contribution in [0.2, 0.25) is 0 Å². The monoisotopic (exact) mass is 226 g/mol. The summed E-state index contributed by atoms with van der Waals surface area (Å²) in [5, 5.41) is 17.7. The van der Waals surface area contributed by atoms with Gasteiger partial charge in [-0.1, -0.05) is 6.07 Å². The van der Waals surface area contributed by atoms with Gasteiger partial charge < -0.3 is 14.9 Å². The highest BCUT2D eigenvalue weighted by Gasteiger charge is 2.06. The molecule has 90 valence electrons. The molecule has 0 aromatic carbocycles. The van der Waals surface area contributed by atoms with Crippen LogP contribution in [0.25, 0.3) is 0 Å². The number of ether oxygens (including phenoxy) is 1. The van der Waals surface area contributed by atoms with Crippen LogP contribution in [0.1, 0.15) is 5.69 Å². The number of pyridine rings is 1. The highest BCUT2D eigenvalue weighted by atomic mass is 16.5. The first-order valence-corrected chi connectivity index (χ1v) is 5.24. The molecule has 5 heteroatoms. The van der Waals surface area contributed by atoms with Gasteiger partial charge in [0.15, 0.2) is 0 Å². The van der Waals surface area contributed by atoms with Gasteiger partial charge in [-0.3, -0.25) is 4.90 Å². The van der Waals surface area contributed by atoms with Crippen molar-refractivity contribution >= 4 is 0 Å². The minimum atomic E-state index is 0.0734. The number of nitrogens with zero attached hydrogens (tertiary/aromatic N) is 2. The zero-order valence-electron chi connectivity index (χ0n) is 9.46. The van der Waals surface area contributed by atoms with Crippen LogP contribution < -0.4 is 4.74 Å². The van der Waals surface area contributed by atoms with Crippen LogP contribution in [0.5, 0.6) is 5.88 Å². The predicted molar refractivity (Wildman–Crippen MR) is 60.2 cm³/mol. The smallest absolute Gasteiger partial charge is 0.213 e. The summed E-state index contributed by atoms with van der Waals surface area (Å²) in [7, 11) is 1.57. The average Bonchev–Trinajstić information content (AvgIpc) is 2.30. The Hall–Kier alpha value is -1.17. The van der Waals surface area contributed by atoms with Gasteiger partial charge in [0.1, 0.15) is 0 Å². The number of aliphatic hydroxyl groups excluding tert-OH is 2. The molecule has 0 saturated carbocycles. The molecule has 0 bridgehead atoms. The standard InChI is InChI=1S/C11H18N2O3/c1-16-11-4-2-3-10(12-11)9-13(5-7-14)6-8-15/h2-4,14-15H,5-9H2,1H3. The first-order chi connectivity index (χ1) is 7.80. The lowest BCUT2D eigenvalue weighted by molar-refractivity contribution is 0.154. The first-order valence-electron chi connectivity index (χ1n) is 5.24. The second-order valence-corrected chi connectivity index (χ2v) is 3.39. The van der Waals surface area contributed by atoms with E-state index in [4.69, 9.17) is 14.9 Å². The molecule has 0 unspecified atom stereocenters. The molecule has 1 aromatic rings. The molecule has 2 N–H and O–H groups in total. The Morgan fingerprint density at radius 2 is 1.94 bits per heavy atom. The Morgan fingerprint density at radius 1 is 1.25 bits per heavy atom. The van der Waals surface area contributed by atoms with E-state index in [2.05, 4.69) is 4.98 Å². The van der Waals surface area contributed by atoms with E-state index in [1.807, 2.05) is 17.0 Å². The highest BCUT2D eigenvalue weighted by Crippen LogP contribution is 2.08. The van der Waals surface area contributed by atoms with Crippen molar-refractivity contribution in [3.8, 4) is 5.88 Å². The van der Waals surface area contributed by atoms with Gasteiger partial charge in [0.2, 0.25) is 5.88 Å². The molecule has 0 aliphatic carbocycles. The number of methoxy groups -OCH3 is 1. The van der Waals surface area contributed by atoms with Crippen molar-refractivity contribution in [2.45, 2.75) is 6.54 Å². The Morgan fingerprint density at radius 3 is 2.50 bits per heavy atom. The second kappa shape index (κ2) is 7.16. The Labute approximate surface area is 95.3 Å². The van der Waals surface area contributed by atoms with Crippen molar-refractivity contribution in [2.75, 3.05) is 33.4 Å². The molecule has 16 heavy (non-hydrogen) atoms. The van der Waals surface area contributed by atoms with E-state index in [0.717, 1.165) is 5.69 Å². The van der Waals surface area contributed by atoms with Gasteiger partial charge in [-0.15, -0.1) is 0 Å². The molecule has 0 aliphatic rings. The van der Waals surface area contributed by atoms with Crippen LogP contribution in [0.3, 0.4) is 0 Å². The molecule has 1 rings (SSSR count). The van der Waals surface area contributed by atoms with Crippen LogP contribution in [0.4, 0.5) is 0 Å². The SMILES string of the molecule is COc1cccc(CN(CCO)CCO)n1. The summed E-state index contributed by atoms with van der Waals surface area (Å²) < 4.78 is 5.03. The summed E-state index contributed by atoms with van der Waals surface area (Å²) in [5.41, 5.74) is 0.862. The third-order valence-electron chi connectivity index (χ3n) is 2.21. The van der Waals surface area contributed by atoms with Crippen LogP contribution in [-0.2, 0) is 6.54 Å². The fourth-order valence-corrected chi connectivity index (χ4v) is 1.44. The van der Waals surface area contributed by atoms with E-state index in [1.54, 1.807) is 13.2 Å². The van der Waals surface area contributed by atoms with Crippen molar-refractivity contribution in [2.24, 2.45) is 0 Å². The molecule has 0 aliphatic heterocycles. The van der Waals surface area contributed by atoms with Crippen LogP contribution in [0, 0.1) is 0 Å². The summed E-state index contributed by atoms with van der Waals surface area (Å²) in [6.07, 6.45) is 0. The maximum Gasteiger partial charge on any atom is 0.213 e. The van der Waals surface area contributed by atoms with E-state index < -0.39 is 0 Å². The van der Waals surface area contributed by atoms with E-state index in [0.29, 0.717) is 25.5 Å². The van der Waals surface area contributed by atoms with E-state index in [9.17, 15) is 0 Å². The molecule has 0 atom stereocenters. The lowest BCUT2D eigenvalue weighted by Gasteiger charge is -2.19. The highest BCUT2D eigenvalue weighted by molar-refractivity contribution is 5.15. The normalized spacial score (nSPS) is 10.8. The Bertz CT molecular complexity index is 301. The zero-order valence-corrected chi connectivity index (χ0v) is 9.46. The van der Waals surface area contributed by atoms with Gasteiger partial charge in [-0.05, 0) is 6.07 Å². The average molecular weight is 226 g/mol. The van der Waals surface area contributed by atoms with Crippen molar-refractivity contribution in [1.29, 1.82) is 0 Å². The van der Waals surface area contributed by atoms with E-state index >= 15 is 0 Å². The lowest BCUT2D eigenvalue weighted by Crippen LogP contribution is -2.29. The van der Waals surface area contributed by atoms with Crippen molar-refractivity contribution < 1.29 is 14.9 Å². The number of aliphatic hydroxyl groups is 2. The van der Waals surface area contributed by atoms with Gasteiger partial charge in [0, 0.05) is 25.7 Å². The van der Waals surface area contributed by atoms with Gasteiger partial charge in [-0.2, -0.15) is 0 Å². The topological polar surface area (TPSA) is 65.8 Å². The maximum atomic E-state index is 8.87. The first kappa shape index (κ1) is 12.9. The number of rotatable bonds is 7. The molecule has 0 amide bonds. The Kier molecular flexibility index (Phi) is 5.77. The molecular weight excluding hydrogens is 208 g/mol. The third kappa shape index (κ3) is 4.14. The fraction of sp³-hybridized carbons (Fsp3) is 0.545. The molecular formula is C11H18N2O3. The quantitative estimate of drug-likeness (QED) is 0.678. The zero-order chi connectivity index (χ0) is 11.8. The minimum absolute atomic E-state index is 0.0734. The van der Waals surface area contributed by atoms with Crippen molar-refractivity contribution in [1.82, 2.24) is 9.88 Å². The fourth-order valence-electron chi connectivity index (χ4n) is 1.44. The number of hydrogen-bond acceptors (Lipinski definition) is 5. The third-order valence-corrected chi connectivity index (χ3v) is 2.21. The predicted octanol–water partition coefficient (Wildman–Crippen LogP) is -0.123. The molecule has 0 saturated heterocycles. The van der Waals surface area contributed by atoms with Crippen LogP contribution >= 0.6 is 0 Å². The summed E-state index contributed by atoms with van der Waals surface area (Å²) in [6, 6.07) is 5.55. The van der Waals surface area contributed by atoms with Gasteiger partial charge in [0.05, 0.1) is 26.0 Å². The summed E-state index contributed by atoms with van der Waals surface area (Å²) in [6.45, 7) is 1.80. The number of aromatic nitrogens is 1. The number of hydrogen-bond donors (Lipinski definition) is 2. The van der Waals surface area contributed by atoms with Crippen LogP contribution in [0.15, 0.2) is 18.2 Å². The van der Waals surface area contributed by atoms with E-state index in [1.165, 1.54) is 0 Å². The second-order valence-electron chi connectivity index (χ2n) is 3.39. The Balaban J connectivity index is 2.60. The van der Waals surface area contributed by atoms with Gasteiger partial charge in [-0.25, -0.2) is 4.98 Å². The summed E-state index contributed by atoms with van der Waals surface area (Å²) >= 11 is 0. The van der Waals surface area contributed by atoms with Crippen molar-refractivity contribution in [3.63, 3.8) is 0 Å². The van der Waals surface area contributed by atoms with Crippen molar-refractivity contribution in [3.05, 3.63) is 23.9 Å². The molecule has 0 fully saturated rings. The van der Waals surface area contributed by atoms with Gasteiger partial charge in [0.25, 0.3) is 0 Å².